The third-order valence-corrected chi connectivity index (χ3v) is 3.37. The summed E-state index contributed by atoms with van der Waals surface area (Å²) in [5.74, 6) is 1.42. The van der Waals surface area contributed by atoms with Crippen LogP contribution >= 0.6 is 0 Å². The third kappa shape index (κ3) is 5.31. The number of aryl methyl sites for hydroxylation is 1. The van der Waals surface area contributed by atoms with Gasteiger partial charge in [-0.15, -0.1) is 0 Å². The van der Waals surface area contributed by atoms with E-state index in [4.69, 9.17) is 4.74 Å². The Morgan fingerprint density at radius 1 is 1.00 bits per heavy atom. The zero-order valence-corrected chi connectivity index (χ0v) is 15.3. The molecule has 0 aliphatic heterocycles. The lowest BCUT2D eigenvalue weighted by Gasteiger charge is -2.08. The predicted octanol–water partition coefficient (Wildman–Crippen LogP) is 5.62. The van der Waals surface area contributed by atoms with Crippen LogP contribution in [0.25, 0.3) is 11.3 Å². The minimum absolute atomic E-state index is 0.579. The van der Waals surface area contributed by atoms with E-state index in [1.165, 1.54) is 5.56 Å². The first-order chi connectivity index (χ1) is 12.2. The minimum Gasteiger partial charge on any atom is -0.494 e. The number of rotatable bonds is 5. The molecule has 0 radical (unpaired) electrons. The molecule has 0 unspecified atom stereocenters. The Bertz CT molecular complexity index is 802. The Balaban J connectivity index is 0.00000109. The smallest absolute Gasteiger partial charge is 0.227 e. The lowest BCUT2D eigenvalue weighted by molar-refractivity contribution is 0.340. The van der Waals surface area contributed by atoms with Gasteiger partial charge in [-0.2, -0.15) is 0 Å². The molecule has 0 fully saturated rings. The van der Waals surface area contributed by atoms with Crippen LogP contribution in [0.1, 0.15) is 26.3 Å². The van der Waals surface area contributed by atoms with Gasteiger partial charge in [-0.1, -0.05) is 38.1 Å². The van der Waals surface area contributed by atoms with Crippen molar-refractivity contribution in [1.82, 2.24) is 9.97 Å². The number of anilines is 2. The highest BCUT2D eigenvalue weighted by atomic mass is 16.5. The van der Waals surface area contributed by atoms with Crippen molar-refractivity contribution in [3.63, 3.8) is 0 Å². The van der Waals surface area contributed by atoms with Crippen molar-refractivity contribution in [2.45, 2.75) is 27.7 Å². The summed E-state index contributed by atoms with van der Waals surface area (Å²) < 4.78 is 5.55. The molecule has 0 saturated heterocycles. The van der Waals surface area contributed by atoms with Gasteiger partial charge in [0.25, 0.3) is 0 Å². The highest BCUT2D eigenvalue weighted by Crippen LogP contribution is 2.23. The highest BCUT2D eigenvalue weighted by molar-refractivity contribution is 5.63. The second-order valence-electron chi connectivity index (χ2n) is 5.22. The number of hydrogen-bond donors (Lipinski definition) is 1. The Morgan fingerprint density at radius 2 is 1.80 bits per heavy atom. The maximum Gasteiger partial charge on any atom is 0.227 e. The van der Waals surface area contributed by atoms with Crippen LogP contribution in [0, 0.1) is 6.92 Å². The number of hydrogen-bond acceptors (Lipinski definition) is 4. The Morgan fingerprint density at radius 3 is 2.56 bits per heavy atom. The molecule has 0 saturated carbocycles. The molecule has 1 N–H and O–H groups in total. The van der Waals surface area contributed by atoms with Crippen molar-refractivity contribution >= 4 is 11.6 Å². The molecule has 0 spiro atoms. The van der Waals surface area contributed by atoms with Crippen LogP contribution in [-0.2, 0) is 0 Å². The van der Waals surface area contributed by atoms with Crippen LogP contribution in [0.15, 0.2) is 60.8 Å². The minimum atomic E-state index is 0.579. The van der Waals surface area contributed by atoms with Crippen molar-refractivity contribution in [2.75, 3.05) is 11.9 Å². The van der Waals surface area contributed by atoms with Gasteiger partial charge >= 0.3 is 0 Å². The largest absolute Gasteiger partial charge is 0.494 e. The zero-order chi connectivity index (χ0) is 18.1. The standard InChI is InChI=1S/C19H19N3O.C2H6/c1-3-23-17-9-5-7-15(13-17)18-10-11-20-19(22-18)21-16-8-4-6-14(2)12-16;1-2/h4-13H,3H2,1-2H3,(H,20,21,22);1-2H3. The second-order valence-corrected chi connectivity index (χ2v) is 5.22. The monoisotopic (exact) mass is 335 g/mol. The molecule has 25 heavy (non-hydrogen) atoms. The Kier molecular flexibility index (Phi) is 6.96. The lowest BCUT2D eigenvalue weighted by atomic mass is 10.1. The van der Waals surface area contributed by atoms with Gasteiger partial charge < -0.3 is 10.1 Å². The highest BCUT2D eigenvalue weighted by Gasteiger charge is 2.04. The summed E-state index contributed by atoms with van der Waals surface area (Å²) in [7, 11) is 0. The van der Waals surface area contributed by atoms with E-state index in [0.717, 1.165) is 22.7 Å². The maximum atomic E-state index is 5.55. The Labute approximate surface area is 149 Å². The topological polar surface area (TPSA) is 47.0 Å². The predicted molar refractivity (Wildman–Crippen MR) is 104 cm³/mol. The fourth-order valence-electron chi connectivity index (χ4n) is 2.34. The van der Waals surface area contributed by atoms with Gasteiger partial charge in [0.05, 0.1) is 12.3 Å². The van der Waals surface area contributed by atoms with E-state index in [2.05, 4.69) is 34.3 Å². The van der Waals surface area contributed by atoms with E-state index >= 15 is 0 Å². The molecular weight excluding hydrogens is 310 g/mol. The number of nitrogens with one attached hydrogen (secondary N) is 1. The molecule has 3 aromatic rings. The molecule has 2 aromatic carbocycles. The molecule has 0 aliphatic rings. The fourth-order valence-corrected chi connectivity index (χ4v) is 2.34. The van der Waals surface area contributed by atoms with Crippen LogP contribution in [0.4, 0.5) is 11.6 Å². The van der Waals surface area contributed by atoms with Gasteiger partial charge in [-0.3, -0.25) is 0 Å². The van der Waals surface area contributed by atoms with Crippen molar-refractivity contribution in [2.24, 2.45) is 0 Å². The maximum absolute atomic E-state index is 5.55. The first-order valence-electron chi connectivity index (χ1n) is 8.64. The summed E-state index contributed by atoms with van der Waals surface area (Å²) in [6.07, 6.45) is 1.76. The quantitative estimate of drug-likeness (QED) is 0.657. The zero-order valence-electron chi connectivity index (χ0n) is 15.3. The summed E-state index contributed by atoms with van der Waals surface area (Å²) >= 11 is 0. The SMILES string of the molecule is CC.CCOc1cccc(-c2ccnc(Nc3cccc(C)c3)n2)c1. The number of ether oxygens (including phenoxy) is 1. The molecule has 4 heteroatoms. The molecule has 4 nitrogen and oxygen atoms in total. The fraction of sp³-hybridized carbons (Fsp3) is 0.238. The molecule has 0 aliphatic carbocycles. The molecule has 0 atom stereocenters. The average Bonchev–Trinajstić information content (AvgIpc) is 2.64. The lowest BCUT2D eigenvalue weighted by Crippen LogP contribution is -1.98. The molecular formula is C21H25N3O. The summed E-state index contributed by atoms with van der Waals surface area (Å²) in [5.41, 5.74) is 4.03. The van der Waals surface area contributed by atoms with Crippen LogP contribution in [-0.4, -0.2) is 16.6 Å². The van der Waals surface area contributed by atoms with E-state index in [-0.39, 0.29) is 0 Å². The normalized spacial score (nSPS) is 9.76. The summed E-state index contributed by atoms with van der Waals surface area (Å²) in [6.45, 7) is 8.68. The Hall–Kier alpha value is -2.88. The van der Waals surface area contributed by atoms with Gasteiger partial charge in [0, 0.05) is 17.4 Å². The van der Waals surface area contributed by atoms with Gasteiger partial charge in [0.2, 0.25) is 5.95 Å². The number of nitrogens with zero attached hydrogens (tertiary/aromatic N) is 2. The third-order valence-electron chi connectivity index (χ3n) is 3.37. The molecule has 0 bridgehead atoms. The number of benzene rings is 2. The van der Waals surface area contributed by atoms with E-state index in [0.29, 0.717) is 12.6 Å². The van der Waals surface area contributed by atoms with Crippen molar-refractivity contribution in [3.8, 4) is 17.0 Å². The van der Waals surface area contributed by atoms with Crippen LogP contribution in [0.5, 0.6) is 5.75 Å². The first-order valence-corrected chi connectivity index (χ1v) is 8.64. The van der Waals surface area contributed by atoms with Gasteiger partial charge in [0.1, 0.15) is 5.75 Å². The number of aromatic nitrogens is 2. The summed E-state index contributed by atoms with van der Waals surface area (Å²) in [5, 5.41) is 3.24. The molecule has 0 amide bonds. The van der Waals surface area contributed by atoms with Gasteiger partial charge in [-0.25, -0.2) is 9.97 Å². The molecule has 1 aromatic heterocycles. The van der Waals surface area contributed by atoms with Gasteiger partial charge in [-0.05, 0) is 49.7 Å². The van der Waals surface area contributed by atoms with Crippen molar-refractivity contribution in [3.05, 3.63) is 66.4 Å². The van der Waals surface area contributed by atoms with E-state index in [1.54, 1.807) is 6.20 Å². The van der Waals surface area contributed by atoms with Crippen LogP contribution < -0.4 is 10.1 Å². The molecule has 1 heterocycles. The first kappa shape index (κ1) is 18.5. The van der Waals surface area contributed by atoms with E-state index < -0.39 is 0 Å². The van der Waals surface area contributed by atoms with Gasteiger partial charge in [0.15, 0.2) is 0 Å². The van der Waals surface area contributed by atoms with E-state index in [9.17, 15) is 0 Å². The summed E-state index contributed by atoms with van der Waals surface area (Å²) in [4.78, 5) is 8.89. The molecule has 3 rings (SSSR count). The average molecular weight is 335 g/mol. The molecule has 130 valence electrons. The van der Waals surface area contributed by atoms with Crippen molar-refractivity contribution in [1.29, 1.82) is 0 Å². The van der Waals surface area contributed by atoms with Crippen molar-refractivity contribution < 1.29 is 4.74 Å². The van der Waals surface area contributed by atoms with Crippen LogP contribution in [0.2, 0.25) is 0 Å². The van der Waals surface area contributed by atoms with E-state index in [1.807, 2.05) is 63.2 Å². The van der Waals surface area contributed by atoms with Crippen LogP contribution in [0.3, 0.4) is 0 Å². The second kappa shape index (κ2) is 9.42. The summed E-state index contributed by atoms with van der Waals surface area (Å²) in [6, 6.07) is 17.9.